The van der Waals surface area contributed by atoms with Gasteiger partial charge in [0.05, 0.1) is 24.4 Å². The SMILES string of the molecule is COC(=O)c1cnc(-c2cc(C#N)c3c(c2)cc2n3C(=O)CCC2)s1. The van der Waals surface area contributed by atoms with Crippen molar-refractivity contribution in [3.8, 4) is 16.6 Å². The van der Waals surface area contributed by atoms with Crippen molar-refractivity contribution in [3.63, 3.8) is 0 Å². The summed E-state index contributed by atoms with van der Waals surface area (Å²) >= 11 is 1.21. The van der Waals surface area contributed by atoms with E-state index in [1.165, 1.54) is 24.6 Å². The molecule has 124 valence electrons. The number of esters is 1. The lowest BCUT2D eigenvalue weighted by molar-refractivity contribution is 0.0605. The van der Waals surface area contributed by atoms with Gasteiger partial charge in [0.15, 0.2) is 0 Å². The molecule has 7 heteroatoms. The van der Waals surface area contributed by atoms with E-state index in [0.29, 0.717) is 27.4 Å². The van der Waals surface area contributed by atoms with Crippen LogP contribution >= 0.6 is 11.3 Å². The van der Waals surface area contributed by atoms with Gasteiger partial charge >= 0.3 is 5.97 Å². The average molecular weight is 351 g/mol. The number of aromatic nitrogens is 2. The van der Waals surface area contributed by atoms with E-state index >= 15 is 0 Å². The third-order valence-electron chi connectivity index (χ3n) is 4.30. The maximum Gasteiger partial charge on any atom is 0.349 e. The van der Waals surface area contributed by atoms with Crippen LogP contribution in [0.3, 0.4) is 0 Å². The predicted octanol–water partition coefficient (Wildman–Crippen LogP) is 3.40. The second-order valence-corrected chi connectivity index (χ2v) is 6.84. The van der Waals surface area contributed by atoms with Gasteiger partial charge in [0.1, 0.15) is 16.0 Å². The van der Waals surface area contributed by atoms with E-state index in [2.05, 4.69) is 11.1 Å². The first kappa shape index (κ1) is 15.5. The molecule has 0 bridgehead atoms. The lowest BCUT2D eigenvalue weighted by Crippen LogP contribution is -2.18. The van der Waals surface area contributed by atoms with Gasteiger partial charge in [-0.3, -0.25) is 9.36 Å². The van der Waals surface area contributed by atoms with Gasteiger partial charge < -0.3 is 4.74 Å². The normalized spacial score (nSPS) is 13.5. The Morgan fingerprint density at radius 3 is 2.96 bits per heavy atom. The number of nitrogens with zero attached hydrogens (tertiary/aromatic N) is 3. The molecular weight excluding hydrogens is 338 g/mol. The van der Waals surface area contributed by atoms with Crippen molar-refractivity contribution in [2.45, 2.75) is 19.3 Å². The number of thiazole rings is 1. The van der Waals surface area contributed by atoms with Crippen LogP contribution in [-0.4, -0.2) is 28.5 Å². The Labute approximate surface area is 147 Å². The quantitative estimate of drug-likeness (QED) is 0.661. The minimum absolute atomic E-state index is 0.0303. The predicted molar refractivity (Wildman–Crippen MR) is 92.7 cm³/mol. The maximum absolute atomic E-state index is 12.3. The second kappa shape index (κ2) is 5.83. The summed E-state index contributed by atoms with van der Waals surface area (Å²) in [7, 11) is 1.32. The molecule has 0 aliphatic carbocycles. The zero-order valence-electron chi connectivity index (χ0n) is 13.4. The molecule has 25 heavy (non-hydrogen) atoms. The van der Waals surface area contributed by atoms with Gasteiger partial charge in [0, 0.05) is 23.1 Å². The summed E-state index contributed by atoms with van der Waals surface area (Å²) in [4.78, 5) is 28.6. The fourth-order valence-electron chi connectivity index (χ4n) is 3.22. The van der Waals surface area contributed by atoms with E-state index in [-0.39, 0.29) is 5.91 Å². The van der Waals surface area contributed by atoms with Crippen molar-refractivity contribution >= 4 is 34.1 Å². The molecule has 0 atom stereocenters. The number of hydrogen-bond acceptors (Lipinski definition) is 6. The Morgan fingerprint density at radius 2 is 2.20 bits per heavy atom. The van der Waals surface area contributed by atoms with Gasteiger partial charge in [-0.05, 0) is 31.0 Å². The Balaban J connectivity index is 1.90. The van der Waals surface area contributed by atoms with Crippen LogP contribution in [0.2, 0.25) is 0 Å². The molecule has 1 aromatic carbocycles. The number of carbonyl (C=O) groups excluding carboxylic acids is 2. The number of benzene rings is 1. The number of methoxy groups -OCH3 is 1. The monoisotopic (exact) mass is 351 g/mol. The number of hydrogen-bond donors (Lipinski definition) is 0. The molecule has 0 N–H and O–H groups in total. The van der Waals surface area contributed by atoms with E-state index in [9.17, 15) is 14.9 Å². The second-order valence-electron chi connectivity index (χ2n) is 5.81. The van der Waals surface area contributed by atoms with Crippen molar-refractivity contribution in [2.75, 3.05) is 7.11 Å². The van der Waals surface area contributed by atoms with Gasteiger partial charge in [0.2, 0.25) is 5.91 Å². The molecule has 0 amide bonds. The molecule has 4 rings (SSSR count). The van der Waals surface area contributed by atoms with Crippen LogP contribution in [0.5, 0.6) is 0 Å². The zero-order chi connectivity index (χ0) is 17.6. The van der Waals surface area contributed by atoms with Crippen LogP contribution in [0.15, 0.2) is 24.4 Å². The summed E-state index contributed by atoms with van der Waals surface area (Å²) in [6.45, 7) is 0. The van der Waals surface area contributed by atoms with Crippen LogP contribution in [0.1, 0.15) is 38.6 Å². The highest BCUT2D eigenvalue weighted by Gasteiger charge is 2.23. The van der Waals surface area contributed by atoms with Gasteiger partial charge in [-0.25, -0.2) is 9.78 Å². The van der Waals surface area contributed by atoms with Gasteiger partial charge in [-0.1, -0.05) is 0 Å². The number of fused-ring (bicyclic) bond motifs is 3. The van der Waals surface area contributed by atoms with E-state index < -0.39 is 5.97 Å². The summed E-state index contributed by atoms with van der Waals surface area (Å²) in [6, 6.07) is 7.78. The van der Waals surface area contributed by atoms with Crippen LogP contribution in [0, 0.1) is 11.3 Å². The lowest BCUT2D eigenvalue weighted by Gasteiger charge is -2.14. The molecule has 3 heterocycles. The summed E-state index contributed by atoms with van der Waals surface area (Å²) in [5.41, 5.74) is 2.79. The van der Waals surface area contributed by atoms with Crippen molar-refractivity contribution in [1.29, 1.82) is 5.26 Å². The molecule has 2 aromatic heterocycles. The van der Waals surface area contributed by atoms with Crippen LogP contribution in [-0.2, 0) is 11.2 Å². The number of ether oxygens (including phenoxy) is 1. The highest BCUT2D eigenvalue weighted by atomic mass is 32.1. The van der Waals surface area contributed by atoms with E-state index in [1.54, 1.807) is 10.6 Å². The zero-order valence-corrected chi connectivity index (χ0v) is 14.2. The molecule has 0 saturated carbocycles. The molecule has 0 unspecified atom stereocenters. The van der Waals surface area contributed by atoms with Crippen LogP contribution in [0.25, 0.3) is 21.5 Å². The van der Waals surface area contributed by atoms with Crippen molar-refractivity contribution in [2.24, 2.45) is 0 Å². The largest absolute Gasteiger partial charge is 0.465 e. The molecular formula is C18H13N3O3S. The van der Waals surface area contributed by atoms with E-state index in [4.69, 9.17) is 4.74 Å². The molecule has 3 aromatic rings. The van der Waals surface area contributed by atoms with Crippen LogP contribution in [0.4, 0.5) is 0 Å². The molecule has 6 nitrogen and oxygen atoms in total. The van der Waals surface area contributed by atoms with Crippen molar-refractivity contribution in [1.82, 2.24) is 9.55 Å². The molecule has 0 fully saturated rings. The molecule has 0 spiro atoms. The Morgan fingerprint density at radius 1 is 1.36 bits per heavy atom. The third kappa shape index (κ3) is 2.42. The summed E-state index contributed by atoms with van der Waals surface area (Å²) in [5, 5.41) is 11.1. The smallest absolute Gasteiger partial charge is 0.349 e. The minimum atomic E-state index is -0.435. The van der Waals surface area contributed by atoms with Crippen molar-refractivity contribution in [3.05, 3.63) is 40.5 Å². The minimum Gasteiger partial charge on any atom is -0.465 e. The maximum atomic E-state index is 12.3. The Bertz CT molecular complexity index is 1070. The summed E-state index contributed by atoms with van der Waals surface area (Å²) in [5.74, 6) is -0.405. The van der Waals surface area contributed by atoms with Crippen molar-refractivity contribution < 1.29 is 14.3 Å². The van der Waals surface area contributed by atoms with E-state index in [1.807, 2.05) is 12.1 Å². The molecule has 1 aliphatic rings. The fraction of sp³-hybridized carbons (Fsp3) is 0.222. The van der Waals surface area contributed by atoms with Gasteiger partial charge in [-0.2, -0.15) is 5.26 Å². The lowest BCUT2D eigenvalue weighted by atomic mass is 10.1. The highest BCUT2D eigenvalue weighted by molar-refractivity contribution is 7.16. The number of aryl methyl sites for hydroxylation is 1. The third-order valence-corrected chi connectivity index (χ3v) is 5.33. The highest BCUT2D eigenvalue weighted by Crippen LogP contribution is 2.34. The first-order valence-electron chi connectivity index (χ1n) is 7.78. The first-order valence-corrected chi connectivity index (χ1v) is 8.60. The standard InChI is InChI=1S/C18H13N3O3S/c1-24-18(23)14-9-20-17(25-14)11-5-10-7-13-3-2-4-15(22)21(13)16(10)12(6-11)8-19/h5-7,9H,2-4H2,1H3. The van der Waals surface area contributed by atoms with Gasteiger partial charge in [0.25, 0.3) is 0 Å². The number of rotatable bonds is 2. The topological polar surface area (TPSA) is 85.0 Å². The molecule has 0 saturated heterocycles. The molecule has 1 aliphatic heterocycles. The van der Waals surface area contributed by atoms with E-state index in [0.717, 1.165) is 29.5 Å². The molecule has 0 radical (unpaired) electrons. The summed E-state index contributed by atoms with van der Waals surface area (Å²) in [6.07, 6.45) is 3.62. The first-order chi connectivity index (χ1) is 12.1. The summed E-state index contributed by atoms with van der Waals surface area (Å²) < 4.78 is 6.38. The number of carbonyl (C=O) groups is 2. The fourth-order valence-corrected chi connectivity index (χ4v) is 4.04. The van der Waals surface area contributed by atoms with Crippen LogP contribution < -0.4 is 0 Å². The Kier molecular flexibility index (Phi) is 3.62. The number of nitriles is 1. The van der Waals surface area contributed by atoms with Gasteiger partial charge in [-0.15, -0.1) is 11.3 Å². The Hall–Kier alpha value is -2.98. The average Bonchev–Trinajstić information content (AvgIpc) is 3.25.